The zero-order valence-corrected chi connectivity index (χ0v) is 17.9. The maximum atomic E-state index is 13.9. The van der Waals surface area contributed by atoms with Gasteiger partial charge in [0, 0.05) is 39.1 Å². The van der Waals surface area contributed by atoms with Gasteiger partial charge in [0.25, 0.3) is 0 Å². The SMILES string of the molecule is CCOc1ccc(CNC(=NC)NC2CCN(C(=O)CC)C2)cc1F.I. The molecule has 1 unspecified atom stereocenters. The van der Waals surface area contributed by atoms with Crippen LogP contribution in [0.5, 0.6) is 5.75 Å². The van der Waals surface area contributed by atoms with Gasteiger partial charge < -0.3 is 20.3 Å². The summed E-state index contributed by atoms with van der Waals surface area (Å²) in [5, 5.41) is 6.49. The van der Waals surface area contributed by atoms with E-state index >= 15 is 0 Å². The summed E-state index contributed by atoms with van der Waals surface area (Å²) in [4.78, 5) is 17.8. The molecule has 26 heavy (non-hydrogen) atoms. The van der Waals surface area contributed by atoms with E-state index < -0.39 is 0 Å². The predicted molar refractivity (Wildman–Crippen MR) is 112 cm³/mol. The van der Waals surface area contributed by atoms with Gasteiger partial charge >= 0.3 is 0 Å². The number of amides is 1. The van der Waals surface area contributed by atoms with Gasteiger partial charge in [-0.2, -0.15) is 0 Å². The van der Waals surface area contributed by atoms with Crippen LogP contribution in [0.15, 0.2) is 23.2 Å². The van der Waals surface area contributed by atoms with Gasteiger partial charge in [0.1, 0.15) is 0 Å². The van der Waals surface area contributed by atoms with Crippen LogP contribution in [0.25, 0.3) is 0 Å². The fourth-order valence-electron chi connectivity index (χ4n) is 2.83. The van der Waals surface area contributed by atoms with Crippen LogP contribution in [-0.2, 0) is 11.3 Å². The highest BCUT2D eigenvalue weighted by molar-refractivity contribution is 14.0. The highest BCUT2D eigenvalue weighted by atomic mass is 127. The van der Waals surface area contributed by atoms with E-state index in [0.29, 0.717) is 32.1 Å². The van der Waals surface area contributed by atoms with Crippen LogP contribution < -0.4 is 15.4 Å². The van der Waals surface area contributed by atoms with Gasteiger partial charge in [0.2, 0.25) is 5.91 Å². The molecule has 2 rings (SSSR count). The molecule has 1 aromatic rings. The van der Waals surface area contributed by atoms with Gasteiger partial charge in [-0.15, -0.1) is 24.0 Å². The Labute approximate surface area is 171 Å². The first kappa shape index (κ1) is 22.5. The van der Waals surface area contributed by atoms with Crippen LogP contribution in [0.3, 0.4) is 0 Å². The fourth-order valence-corrected chi connectivity index (χ4v) is 2.83. The molecule has 1 saturated heterocycles. The lowest BCUT2D eigenvalue weighted by Crippen LogP contribution is -2.44. The number of nitrogens with zero attached hydrogens (tertiary/aromatic N) is 2. The third-order valence-corrected chi connectivity index (χ3v) is 4.16. The average molecular weight is 478 g/mol. The topological polar surface area (TPSA) is 66.0 Å². The van der Waals surface area contributed by atoms with Crippen molar-refractivity contribution in [1.82, 2.24) is 15.5 Å². The monoisotopic (exact) mass is 478 g/mol. The summed E-state index contributed by atoms with van der Waals surface area (Å²) in [5.41, 5.74) is 0.804. The van der Waals surface area contributed by atoms with Crippen molar-refractivity contribution in [3.8, 4) is 5.75 Å². The molecule has 2 N–H and O–H groups in total. The lowest BCUT2D eigenvalue weighted by molar-refractivity contribution is -0.129. The van der Waals surface area contributed by atoms with Gasteiger partial charge in [-0.25, -0.2) is 4.39 Å². The molecule has 6 nitrogen and oxygen atoms in total. The molecular formula is C18H28FIN4O2. The number of aliphatic imine (C=N–C) groups is 1. The molecule has 1 aromatic carbocycles. The van der Waals surface area contributed by atoms with Crippen molar-refractivity contribution in [2.75, 3.05) is 26.7 Å². The summed E-state index contributed by atoms with van der Waals surface area (Å²) < 4.78 is 19.1. The standard InChI is InChI=1S/C18H27FN4O2.HI/c1-4-17(24)23-9-8-14(12-23)22-18(20-3)21-11-13-6-7-16(25-5-2)15(19)10-13;/h6-7,10,14H,4-5,8-9,11-12H2,1-3H3,(H2,20,21,22);1H. The van der Waals surface area contributed by atoms with E-state index in [4.69, 9.17) is 4.74 Å². The number of carbonyl (C=O) groups is 1. The molecule has 0 bridgehead atoms. The first-order chi connectivity index (χ1) is 12.1. The highest BCUT2D eigenvalue weighted by Gasteiger charge is 2.25. The van der Waals surface area contributed by atoms with E-state index in [0.717, 1.165) is 18.5 Å². The van der Waals surface area contributed by atoms with E-state index in [9.17, 15) is 9.18 Å². The summed E-state index contributed by atoms with van der Waals surface area (Å²) >= 11 is 0. The van der Waals surface area contributed by atoms with Crippen LogP contribution in [0.4, 0.5) is 4.39 Å². The van der Waals surface area contributed by atoms with Gasteiger partial charge in [-0.3, -0.25) is 9.79 Å². The van der Waals surface area contributed by atoms with E-state index in [1.807, 2.05) is 24.8 Å². The van der Waals surface area contributed by atoms with Gasteiger partial charge in [0.15, 0.2) is 17.5 Å². The minimum atomic E-state index is -0.367. The predicted octanol–water partition coefficient (Wildman–Crippen LogP) is 2.52. The average Bonchev–Trinajstić information content (AvgIpc) is 3.08. The molecular weight excluding hydrogens is 450 g/mol. The fraction of sp³-hybridized carbons (Fsp3) is 0.556. The Balaban J connectivity index is 0.00000338. The molecule has 8 heteroatoms. The van der Waals surface area contributed by atoms with E-state index in [1.165, 1.54) is 6.07 Å². The molecule has 0 spiro atoms. The highest BCUT2D eigenvalue weighted by Crippen LogP contribution is 2.18. The number of guanidine groups is 1. The number of rotatable bonds is 6. The first-order valence-electron chi connectivity index (χ1n) is 8.73. The maximum absolute atomic E-state index is 13.9. The number of likely N-dealkylation sites (tertiary alicyclic amines) is 1. The molecule has 1 atom stereocenters. The zero-order valence-electron chi connectivity index (χ0n) is 15.5. The molecule has 1 aliphatic heterocycles. The molecule has 0 radical (unpaired) electrons. The number of ether oxygens (including phenoxy) is 1. The lowest BCUT2D eigenvalue weighted by atomic mass is 10.2. The Kier molecular flexibility index (Phi) is 9.68. The van der Waals surface area contributed by atoms with Crippen LogP contribution in [0.2, 0.25) is 0 Å². The number of hydrogen-bond acceptors (Lipinski definition) is 3. The third-order valence-electron chi connectivity index (χ3n) is 4.16. The van der Waals surface area contributed by atoms with E-state index in [-0.39, 0.29) is 47.5 Å². The van der Waals surface area contributed by atoms with Crippen molar-refractivity contribution in [3.05, 3.63) is 29.6 Å². The smallest absolute Gasteiger partial charge is 0.222 e. The second kappa shape index (κ2) is 11.2. The minimum Gasteiger partial charge on any atom is -0.491 e. The van der Waals surface area contributed by atoms with E-state index in [2.05, 4.69) is 15.6 Å². The Morgan fingerprint density at radius 1 is 1.42 bits per heavy atom. The van der Waals surface area contributed by atoms with E-state index in [1.54, 1.807) is 13.1 Å². The number of nitrogens with one attached hydrogen (secondary N) is 2. The first-order valence-corrected chi connectivity index (χ1v) is 8.73. The van der Waals surface area contributed by atoms with Crippen molar-refractivity contribution in [1.29, 1.82) is 0 Å². The van der Waals surface area contributed by atoms with Crippen molar-refractivity contribution < 1.29 is 13.9 Å². The van der Waals surface area contributed by atoms with Crippen LogP contribution >= 0.6 is 24.0 Å². The molecule has 146 valence electrons. The van der Waals surface area contributed by atoms with Crippen molar-refractivity contribution in [3.63, 3.8) is 0 Å². The Morgan fingerprint density at radius 3 is 2.81 bits per heavy atom. The molecule has 1 heterocycles. The quantitative estimate of drug-likeness (QED) is 0.375. The second-order valence-electron chi connectivity index (χ2n) is 5.95. The third kappa shape index (κ3) is 6.30. The Hall–Kier alpha value is -1.58. The lowest BCUT2D eigenvalue weighted by Gasteiger charge is -2.19. The maximum Gasteiger partial charge on any atom is 0.222 e. The van der Waals surface area contributed by atoms with Crippen molar-refractivity contribution in [2.45, 2.75) is 39.3 Å². The molecule has 1 amide bonds. The number of benzene rings is 1. The number of hydrogen-bond donors (Lipinski definition) is 2. The summed E-state index contributed by atoms with van der Waals surface area (Å²) in [5.74, 6) is 0.719. The van der Waals surface area contributed by atoms with Crippen LogP contribution in [-0.4, -0.2) is 49.6 Å². The minimum absolute atomic E-state index is 0. The van der Waals surface area contributed by atoms with Crippen molar-refractivity contribution >= 4 is 35.8 Å². The normalized spacial score (nSPS) is 16.8. The summed E-state index contributed by atoms with van der Waals surface area (Å²) in [6.07, 6.45) is 1.42. The second-order valence-corrected chi connectivity index (χ2v) is 5.95. The number of halogens is 2. The largest absolute Gasteiger partial charge is 0.491 e. The van der Waals surface area contributed by atoms with Crippen molar-refractivity contribution in [2.24, 2.45) is 4.99 Å². The van der Waals surface area contributed by atoms with Gasteiger partial charge in [-0.1, -0.05) is 13.0 Å². The number of carbonyl (C=O) groups excluding carboxylic acids is 1. The Bertz CT molecular complexity index is 627. The summed E-state index contributed by atoms with van der Waals surface area (Å²) in [7, 11) is 1.69. The van der Waals surface area contributed by atoms with Crippen LogP contribution in [0, 0.1) is 5.82 Å². The van der Waals surface area contributed by atoms with Gasteiger partial charge in [0.05, 0.1) is 6.61 Å². The molecule has 0 aliphatic carbocycles. The summed E-state index contributed by atoms with van der Waals surface area (Å²) in [6, 6.07) is 5.10. The molecule has 1 fully saturated rings. The Morgan fingerprint density at radius 2 is 2.19 bits per heavy atom. The van der Waals surface area contributed by atoms with Gasteiger partial charge in [-0.05, 0) is 31.0 Å². The molecule has 0 saturated carbocycles. The summed E-state index contributed by atoms with van der Waals surface area (Å²) in [6.45, 7) is 6.04. The molecule has 1 aliphatic rings. The molecule has 0 aromatic heterocycles. The van der Waals surface area contributed by atoms with Crippen LogP contribution in [0.1, 0.15) is 32.3 Å². The zero-order chi connectivity index (χ0) is 18.2.